The number of carbonyl (C=O) groups excluding carboxylic acids is 2. The van der Waals surface area contributed by atoms with Crippen molar-refractivity contribution in [2.75, 3.05) is 13.2 Å². The average Bonchev–Trinajstić information content (AvgIpc) is 3.16. The molecule has 2 amide bonds. The Morgan fingerprint density at radius 2 is 1.62 bits per heavy atom. The molecule has 37 heavy (non-hydrogen) atoms. The van der Waals surface area contributed by atoms with E-state index in [1.54, 1.807) is 6.08 Å². The van der Waals surface area contributed by atoms with Crippen molar-refractivity contribution in [3.05, 3.63) is 108 Å². The zero-order valence-electron chi connectivity index (χ0n) is 19.5. The van der Waals surface area contributed by atoms with Crippen LogP contribution in [0.15, 0.2) is 89.8 Å². The normalized spacial score (nSPS) is 14.5. The molecule has 1 aliphatic heterocycles. The van der Waals surface area contributed by atoms with E-state index in [1.807, 2.05) is 84.9 Å². The molecule has 1 heterocycles. The third-order valence-corrected chi connectivity index (χ3v) is 8.08. The topological polar surface area (TPSA) is 55.8 Å². The number of hydrogen-bond acceptors (Lipinski definition) is 5. The van der Waals surface area contributed by atoms with Gasteiger partial charge in [-0.25, -0.2) is 0 Å². The minimum Gasteiger partial charge on any atom is -0.491 e. The lowest BCUT2D eigenvalue weighted by molar-refractivity contribution is -0.123. The molecule has 186 valence electrons. The van der Waals surface area contributed by atoms with Crippen LogP contribution in [0, 0.1) is 7.14 Å². The third kappa shape index (κ3) is 6.12. The summed E-state index contributed by atoms with van der Waals surface area (Å²) in [7, 11) is 0. The number of amides is 2. The minimum absolute atomic E-state index is 0.173. The Morgan fingerprint density at radius 3 is 2.46 bits per heavy atom. The summed E-state index contributed by atoms with van der Waals surface area (Å²) in [5.74, 6) is 1.10. The number of rotatable bonds is 8. The molecule has 0 unspecified atom stereocenters. The van der Waals surface area contributed by atoms with Crippen LogP contribution in [-0.2, 0) is 11.4 Å². The van der Waals surface area contributed by atoms with Gasteiger partial charge in [0.05, 0.1) is 15.0 Å². The fraction of sp³-hybridized carbons (Fsp3) is 0.103. The van der Waals surface area contributed by atoms with E-state index < -0.39 is 0 Å². The first-order chi connectivity index (χ1) is 18.0. The summed E-state index contributed by atoms with van der Waals surface area (Å²) in [6.07, 6.45) is 1.75. The van der Waals surface area contributed by atoms with E-state index in [-0.39, 0.29) is 24.3 Å². The van der Waals surface area contributed by atoms with E-state index in [1.165, 1.54) is 4.90 Å². The Balaban J connectivity index is 1.30. The minimum atomic E-state index is -0.320. The van der Waals surface area contributed by atoms with Gasteiger partial charge in [-0.3, -0.25) is 14.5 Å². The van der Waals surface area contributed by atoms with Crippen molar-refractivity contribution in [3.8, 4) is 11.5 Å². The van der Waals surface area contributed by atoms with E-state index in [4.69, 9.17) is 9.47 Å². The summed E-state index contributed by atoms with van der Waals surface area (Å²) in [6, 6.07) is 27.7. The maximum absolute atomic E-state index is 13.2. The molecule has 8 heteroatoms. The highest BCUT2D eigenvalue weighted by Gasteiger charge is 2.35. The number of hydrogen-bond donors (Lipinski definition) is 0. The Hall–Kier alpha value is -2.57. The predicted molar refractivity (Wildman–Crippen MR) is 165 cm³/mol. The van der Waals surface area contributed by atoms with E-state index in [2.05, 4.69) is 45.2 Å². The molecular formula is C29H21I2NO4S. The molecule has 4 aromatic carbocycles. The van der Waals surface area contributed by atoms with Crippen LogP contribution in [0.5, 0.6) is 11.5 Å². The van der Waals surface area contributed by atoms with Crippen LogP contribution in [-0.4, -0.2) is 29.2 Å². The quantitative estimate of drug-likeness (QED) is 0.137. The lowest BCUT2D eigenvalue weighted by atomic mass is 10.1. The van der Waals surface area contributed by atoms with Crippen molar-refractivity contribution in [2.45, 2.75) is 6.61 Å². The van der Waals surface area contributed by atoms with Crippen LogP contribution in [0.3, 0.4) is 0 Å². The van der Waals surface area contributed by atoms with Gasteiger partial charge in [-0.2, -0.15) is 0 Å². The Bertz CT molecular complexity index is 1500. The highest BCUT2D eigenvalue weighted by molar-refractivity contribution is 14.1. The molecule has 0 aliphatic carbocycles. The van der Waals surface area contributed by atoms with Crippen molar-refractivity contribution in [2.24, 2.45) is 0 Å². The smallest absolute Gasteiger partial charge is 0.293 e. The van der Waals surface area contributed by atoms with Crippen LogP contribution < -0.4 is 9.47 Å². The molecule has 5 rings (SSSR count). The van der Waals surface area contributed by atoms with Crippen LogP contribution in [0.1, 0.15) is 11.1 Å². The molecule has 0 aromatic heterocycles. The summed E-state index contributed by atoms with van der Waals surface area (Å²) < 4.78 is 14.1. The molecular weight excluding hydrogens is 712 g/mol. The molecule has 0 bridgehead atoms. The van der Waals surface area contributed by atoms with Gasteiger partial charge < -0.3 is 9.47 Å². The number of fused-ring (bicyclic) bond motifs is 1. The van der Waals surface area contributed by atoms with Gasteiger partial charge in [-0.15, -0.1) is 0 Å². The lowest BCUT2D eigenvalue weighted by Crippen LogP contribution is -2.32. The van der Waals surface area contributed by atoms with Crippen molar-refractivity contribution in [1.82, 2.24) is 4.90 Å². The maximum Gasteiger partial charge on any atom is 0.293 e. The van der Waals surface area contributed by atoms with Crippen LogP contribution >= 0.6 is 56.9 Å². The van der Waals surface area contributed by atoms with Gasteiger partial charge in [-0.05, 0) is 92.2 Å². The Kier molecular flexibility index (Phi) is 8.36. The number of halogens is 2. The SMILES string of the molecule is O=C1S/C(=C\c2cc(I)cc(I)c2OCc2ccccc2)C(=O)N1CCOc1cccc2ccccc12. The third-order valence-electron chi connectivity index (χ3n) is 5.75. The molecule has 0 atom stereocenters. The molecule has 1 aliphatic rings. The summed E-state index contributed by atoms with van der Waals surface area (Å²) in [5.41, 5.74) is 1.82. The number of thioether (sulfide) groups is 1. The van der Waals surface area contributed by atoms with Gasteiger partial charge in [0, 0.05) is 14.5 Å². The van der Waals surface area contributed by atoms with Gasteiger partial charge >= 0.3 is 0 Å². The molecule has 5 nitrogen and oxygen atoms in total. The number of carbonyl (C=O) groups is 2. The van der Waals surface area contributed by atoms with Crippen molar-refractivity contribution >= 4 is 84.9 Å². The highest BCUT2D eigenvalue weighted by atomic mass is 127. The maximum atomic E-state index is 13.2. The summed E-state index contributed by atoms with van der Waals surface area (Å²) >= 11 is 5.42. The lowest BCUT2D eigenvalue weighted by Gasteiger charge is -2.14. The van der Waals surface area contributed by atoms with Gasteiger partial charge in [0.2, 0.25) is 0 Å². The van der Waals surface area contributed by atoms with Gasteiger partial charge in [0.15, 0.2) is 0 Å². The summed E-state index contributed by atoms with van der Waals surface area (Å²) in [6.45, 7) is 0.795. The zero-order chi connectivity index (χ0) is 25.8. The standard InChI is InChI=1S/C29H21I2NO4S/c30-22-15-21(27(24(31)17-22)36-18-19-7-2-1-3-8-19)16-26-28(33)32(29(34)37-26)13-14-35-25-12-6-10-20-9-4-5-11-23(20)25/h1-12,15-17H,13-14,18H2/b26-16-. The van der Waals surface area contributed by atoms with E-state index in [0.717, 1.165) is 46.6 Å². The van der Waals surface area contributed by atoms with Crippen molar-refractivity contribution < 1.29 is 19.1 Å². The predicted octanol–water partition coefficient (Wildman–Crippen LogP) is 7.74. The molecule has 0 saturated carbocycles. The van der Waals surface area contributed by atoms with Crippen molar-refractivity contribution in [1.29, 1.82) is 0 Å². The van der Waals surface area contributed by atoms with Crippen LogP contribution in [0.25, 0.3) is 16.8 Å². The van der Waals surface area contributed by atoms with E-state index >= 15 is 0 Å². The second-order valence-electron chi connectivity index (χ2n) is 8.24. The van der Waals surface area contributed by atoms with E-state index in [9.17, 15) is 9.59 Å². The Labute approximate surface area is 246 Å². The fourth-order valence-electron chi connectivity index (χ4n) is 3.97. The van der Waals surface area contributed by atoms with Crippen LogP contribution in [0.4, 0.5) is 4.79 Å². The number of benzene rings is 4. The zero-order valence-corrected chi connectivity index (χ0v) is 24.7. The van der Waals surface area contributed by atoms with Crippen LogP contribution in [0.2, 0.25) is 0 Å². The summed E-state index contributed by atoms with van der Waals surface area (Å²) in [5, 5.41) is 1.77. The first-order valence-corrected chi connectivity index (χ1v) is 14.5. The molecule has 0 N–H and O–H groups in total. The number of nitrogens with zero attached hydrogens (tertiary/aromatic N) is 1. The van der Waals surface area contributed by atoms with Gasteiger partial charge in [0.1, 0.15) is 24.7 Å². The molecule has 0 spiro atoms. The number of imide groups is 1. The monoisotopic (exact) mass is 733 g/mol. The number of ether oxygens (including phenoxy) is 2. The molecule has 1 fully saturated rings. The molecule has 4 aromatic rings. The second-order valence-corrected chi connectivity index (χ2v) is 11.6. The Morgan fingerprint density at radius 1 is 0.865 bits per heavy atom. The first kappa shape index (κ1) is 26.1. The summed E-state index contributed by atoms with van der Waals surface area (Å²) in [4.78, 5) is 27.5. The largest absolute Gasteiger partial charge is 0.491 e. The molecule has 1 saturated heterocycles. The van der Waals surface area contributed by atoms with Gasteiger partial charge in [-0.1, -0.05) is 66.7 Å². The van der Waals surface area contributed by atoms with Gasteiger partial charge in [0.25, 0.3) is 11.1 Å². The van der Waals surface area contributed by atoms with Crippen molar-refractivity contribution in [3.63, 3.8) is 0 Å². The van der Waals surface area contributed by atoms with E-state index in [0.29, 0.717) is 17.3 Å². The first-order valence-electron chi connectivity index (χ1n) is 11.5. The highest BCUT2D eigenvalue weighted by Crippen LogP contribution is 2.36. The average molecular weight is 733 g/mol. The molecule has 0 radical (unpaired) electrons. The second kappa shape index (κ2) is 11.9. The fourth-order valence-corrected chi connectivity index (χ4v) is 6.87.